The lowest BCUT2D eigenvalue weighted by Gasteiger charge is -2.09. The molecule has 0 unspecified atom stereocenters. The first kappa shape index (κ1) is 10.3. The molecule has 0 atom stereocenters. The summed E-state index contributed by atoms with van der Waals surface area (Å²) in [4.78, 5) is 4.50. The van der Waals surface area contributed by atoms with Crippen LogP contribution in [0.25, 0.3) is 21.8 Å². The second-order valence-corrected chi connectivity index (χ2v) is 3.93. The molecule has 0 bridgehead atoms. The van der Waals surface area contributed by atoms with Crippen LogP contribution in [-0.2, 0) is 0 Å². The highest BCUT2D eigenvalue weighted by Gasteiger charge is 2.18. The Balaban J connectivity index is 2.56. The third-order valence-corrected chi connectivity index (χ3v) is 2.89. The Morgan fingerprint density at radius 3 is 1.71 bits per heavy atom. The van der Waals surface area contributed by atoms with Gasteiger partial charge in [-0.1, -0.05) is 36.4 Å². The Bertz CT molecular complexity index is 643. The molecule has 3 aromatic rings. The zero-order chi connectivity index (χ0) is 11.8. The van der Waals surface area contributed by atoms with Crippen LogP contribution in [-0.4, -0.2) is 22.2 Å². The molecule has 4 heteroatoms. The molecule has 0 aliphatic carbocycles. The predicted octanol–water partition coefficient (Wildman–Crippen LogP) is 1.07. The minimum atomic E-state index is -1.49. The SMILES string of the molecule is OB(O)c1c2ccccc2nc2ccccc12. The molecule has 82 valence electrons. The van der Waals surface area contributed by atoms with Crippen LogP contribution in [0.15, 0.2) is 48.5 Å². The molecule has 0 saturated heterocycles. The zero-order valence-corrected chi connectivity index (χ0v) is 9.04. The monoisotopic (exact) mass is 223 g/mol. The molecular weight excluding hydrogens is 213 g/mol. The molecular formula is C13H10BNO2. The summed E-state index contributed by atoms with van der Waals surface area (Å²) in [7, 11) is -1.49. The lowest BCUT2D eigenvalue weighted by Crippen LogP contribution is -2.31. The number of nitrogens with zero attached hydrogens (tertiary/aromatic N) is 1. The van der Waals surface area contributed by atoms with Gasteiger partial charge in [-0.15, -0.1) is 0 Å². The Kier molecular flexibility index (Phi) is 2.32. The largest absolute Gasteiger partial charge is 0.489 e. The quantitative estimate of drug-likeness (QED) is 0.479. The highest BCUT2D eigenvalue weighted by Crippen LogP contribution is 2.17. The predicted molar refractivity (Wildman–Crippen MR) is 69.1 cm³/mol. The Hall–Kier alpha value is -1.91. The van der Waals surface area contributed by atoms with E-state index in [0.717, 1.165) is 21.8 Å². The van der Waals surface area contributed by atoms with E-state index >= 15 is 0 Å². The van der Waals surface area contributed by atoms with Crippen LogP contribution >= 0.6 is 0 Å². The average Bonchev–Trinajstić information content (AvgIpc) is 2.35. The van der Waals surface area contributed by atoms with Gasteiger partial charge in [-0.2, -0.15) is 0 Å². The fraction of sp³-hybridized carbons (Fsp3) is 0. The van der Waals surface area contributed by atoms with Crippen LogP contribution in [0.1, 0.15) is 0 Å². The summed E-state index contributed by atoms with van der Waals surface area (Å²) in [6.45, 7) is 0. The molecule has 2 N–H and O–H groups in total. The van der Waals surface area contributed by atoms with E-state index in [2.05, 4.69) is 4.98 Å². The Morgan fingerprint density at radius 2 is 1.24 bits per heavy atom. The molecule has 0 saturated carbocycles. The Morgan fingerprint density at radius 1 is 0.765 bits per heavy atom. The summed E-state index contributed by atoms with van der Waals surface area (Å²) in [6, 6.07) is 14.9. The minimum absolute atomic E-state index is 0.520. The van der Waals surface area contributed by atoms with Crippen LogP contribution < -0.4 is 5.46 Å². The number of benzene rings is 2. The van der Waals surface area contributed by atoms with Gasteiger partial charge >= 0.3 is 7.12 Å². The van der Waals surface area contributed by atoms with Gasteiger partial charge in [-0.25, -0.2) is 4.98 Å². The standard InChI is InChI=1S/C13H10BNO2/c16-14(17)13-9-5-1-3-7-11(9)15-12-8-4-2-6-10(12)13/h1-8,16-17H. The highest BCUT2D eigenvalue weighted by molar-refractivity contribution is 6.65. The first-order chi connectivity index (χ1) is 8.27. The summed E-state index contributed by atoms with van der Waals surface area (Å²) in [5, 5.41) is 20.7. The lowest BCUT2D eigenvalue weighted by atomic mass is 9.75. The van der Waals surface area contributed by atoms with Crippen LogP contribution in [0, 0.1) is 0 Å². The number of hydrogen-bond acceptors (Lipinski definition) is 3. The summed E-state index contributed by atoms with van der Waals surface area (Å²) >= 11 is 0. The van der Waals surface area contributed by atoms with Crippen molar-refractivity contribution in [1.82, 2.24) is 4.98 Å². The van der Waals surface area contributed by atoms with E-state index in [4.69, 9.17) is 0 Å². The summed E-state index contributed by atoms with van der Waals surface area (Å²) < 4.78 is 0. The van der Waals surface area contributed by atoms with E-state index in [1.54, 1.807) is 0 Å². The van der Waals surface area contributed by atoms with Gasteiger partial charge in [-0.05, 0) is 12.1 Å². The number of fused-ring (bicyclic) bond motifs is 2. The number of rotatable bonds is 1. The topological polar surface area (TPSA) is 53.4 Å². The first-order valence-corrected chi connectivity index (χ1v) is 5.41. The van der Waals surface area contributed by atoms with Gasteiger partial charge < -0.3 is 10.0 Å². The van der Waals surface area contributed by atoms with Crippen LogP contribution in [0.5, 0.6) is 0 Å². The van der Waals surface area contributed by atoms with Crippen molar-refractivity contribution in [3.8, 4) is 0 Å². The van der Waals surface area contributed by atoms with Crippen molar-refractivity contribution >= 4 is 34.4 Å². The molecule has 0 radical (unpaired) electrons. The maximum absolute atomic E-state index is 9.55. The highest BCUT2D eigenvalue weighted by atomic mass is 16.4. The van der Waals surface area contributed by atoms with Crippen molar-refractivity contribution in [2.45, 2.75) is 0 Å². The summed E-state index contributed by atoms with van der Waals surface area (Å²) in [6.07, 6.45) is 0. The van der Waals surface area contributed by atoms with Gasteiger partial charge in [0, 0.05) is 16.2 Å². The molecule has 1 heterocycles. The van der Waals surface area contributed by atoms with E-state index in [9.17, 15) is 10.0 Å². The van der Waals surface area contributed by atoms with Gasteiger partial charge in [-0.3, -0.25) is 0 Å². The van der Waals surface area contributed by atoms with Gasteiger partial charge in [0.25, 0.3) is 0 Å². The average molecular weight is 223 g/mol. The Labute approximate surface area is 98.5 Å². The van der Waals surface area contributed by atoms with Crippen molar-refractivity contribution in [3.63, 3.8) is 0 Å². The maximum Gasteiger partial charge on any atom is 0.489 e. The fourth-order valence-corrected chi connectivity index (χ4v) is 2.15. The van der Waals surface area contributed by atoms with Gasteiger partial charge in [0.2, 0.25) is 0 Å². The van der Waals surface area contributed by atoms with E-state index in [1.807, 2.05) is 48.5 Å². The molecule has 2 aromatic carbocycles. The van der Waals surface area contributed by atoms with Crippen LogP contribution in [0.3, 0.4) is 0 Å². The zero-order valence-electron chi connectivity index (χ0n) is 9.04. The van der Waals surface area contributed by atoms with Gasteiger partial charge in [0.05, 0.1) is 11.0 Å². The summed E-state index contributed by atoms with van der Waals surface area (Å²) in [5.41, 5.74) is 2.06. The van der Waals surface area contributed by atoms with Crippen molar-refractivity contribution < 1.29 is 10.0 Å². The minimum Gasteiger partial charge on any atom is -0.423 e. The smallest absolute Gasteiger partial charge is 0.423 e. The summed E-state index contributed by atoms with van der Waals surface area (Å²) in [5.74, 6) is 0. The molecule has 1 aromatic heterocycles. The lowest BCUT2D eigenvalue weighted by molar-refractivity contribution is 0.426. The fourth-order valence-electron chi connectivity index (χ4n) is 2.15. The number of para-hydroxylation sites is 2. The van der Waals surface area contributed by atoms with Crippen molar-refractivity contribution in [3.05, 3.63) is 48.5 Å². The number of aromatic nitrogens is 1. The van der Waals surface area contributed by atoms with Crippen molar-refractivity contribution in [2.75, 3.05) is 0 Å². The second kappa shape index (κ2) is 3.84. The van der Waals surface area contributed by atoms with Gasteiger partial charge in [0.15, 0.2) is 0 Å². The van der Waals surface area contributed by atoms with Crippen molar-refractivity contribution in [2.24, 2.45) is 0 Å². The van der Waals surface area contributed by atoms with E-state index in [-0.39, 0.29) is 0 Å². The molecule has 3 rings (SSSR count). The molecule has 0 aliphatic rings. The van der Waals surface area contributed by atoms with Crippen LogP contribution in [0.4, 0.5) is 0 Å². The van der Waals surface area contributed by atoms with E-state index in [1.165, 1.54) is 0 Å². The molecule has 0 amide bonds. The van der Waals surface area contributed by atoms with Crippen molar-refractivity contribution in [1.29, 1.82) is 0 Å². The van der Waals surface area contributed by atoms with Crippen LogP contribution in [0.2, 0.25) is 0 Å². The number of pyridine rings is 1. The van der Waals surface area contributed by atoms with E-state index < -0.39 is 7.12 Å². The molecule has 3 nitrogen and oxygen atoms in total. The molecule has 0 fully saturated rings. The second-order valence-electron chi connectivity index (χ2n) is 3.93. The normalized spacial score (nSPS) is 10.9. The molecule has 0 aliphatic heterocycles. The molecule has 0 spiro atoms. The number of hydrogen-bond donors (Lipinski definition) is 2. The first-order valence-electron chi connectivity index (χ1n) is 5.41. The third-order valence-electron chi connectivity index (χ3n) is 2.89. The van der Waals surface area contributed by atoms with E-state index in [0.29, 0.717) is 5.46 Å². The van der Waals surface area contributed by atoms with Gasteiger partial charge in [0.1, 0.15) is 0 Å². The maximum atomic E-state index is 9.55. The third kappa shape index (κ3) is 1.58. The molecule has 17 heavy (non-hydrogen) atoms.